The molecule has 3 rings (SSSR count). The summed E-state index contributed by atoms with van der Waals surface area (Å²) in [5, 5.41) is 4.79. The van der Waals surface area contributed by atoms with Gasteiger partial charge < -0.3 is 15.4 Å². The Hall–Kier alpha value is -1.39. The summed E-state index contributed by atoms with van der Waals surface area (Å²) >= 11 is 5.97. The predicted molar refractivity (Wildman–Crippen MR) is 109 cm³/mol. The monoisotopic (exact) mass is 476 g/mol. The van der Waals surface area contributed by atoms with Crippen molar-refractivity contribution < 1.29 is 4.74 Å². The lowest BCUT2D eigenvalue weighted by atomic mass is 10.2. The Kier molecular flexibility index (Phi) is 7.03. The van der Waals surface area contributed by atoms with Crippen molar-refractivity contribution in [1.82, 2.24) is 19.7 Å². The van der Waals surface area contributed by atoms with Gasteiger partial charge >= 0.3 is 0 Å². The van der Waals surface area contributed by atoms with Crippen molar-refractivity contribution in [2.45, 2.75) is 26.5 Å². The third kappa shape index (κ3) is 5.05. The highest BCUT2D eigenvalue weighted by molar-refractivity contribution is 14.0. The summed E-state index contributed by atoms with van der Waals surface area (Å²) in [5.41, 5.74) is 7.97. The van der Waals surface area contributed by atoms with Crippen LogP contribution in [0, 0.1) is 6.92 Å². The van der Waals surface area contributed by atoms with Gasteiger partial charge in [0.15, 0.2) is 11.8 Å². The van der Waals surface area contributed by atoms with E-state index < -0.39 is 0 Å². The summed E-state index contributed by atoms with van der Waals surface area (Å²) in [7, 11) is 0. The van der Waals surface area contributed by atoms with Crippen LogP contribution in [0.3, 0.4) is 0 Å². The Morgan fingerprint density at radius 1 is 1.48 bits per heavy atom. The summed E-state index contributed by atoms with van der Waals surface area (Å²) in [5.74, 6) is 1.24. The highest BCUT2D eigenvalue weighted by atomic mass is 127. The Morgan fingerprint density at radius 2 is 2.28 bits per heavy atom. The highest BCUT2D eigenvalue weighted by Crippen LogP contribution is 2.16. The van der Waals surface area contributed by atoms with E-state index in [0.29, 0.717) is 30.0 Å². The van der Waals surface area contributed by atoms with Gasteiger partial charge in [-0.2, -0.15) is 5.10 Å². The van der Waals surface area contributed by atoms with Gasteiger partial charge in [-0.05, 0) is 19.9 Å². The largest absolute Gasteiger partial charge is 0.375 e. The van der Waals surface area contributed by atoms with E-state index in [0.717, 1.165) is 24.3 Å². The second-order valence-corrected chi connectivity index (χ2v) is 6.28. The molecular weight excluding hydrogens is 455 g/mol. The van der Waals surface area contributed by atoms with E-state index in [2.05, 4.69) is 15.1 Å². The van der Waals surface area contributed by atoms with Gasteiger partial charge in [-0.25, -0.2) is 14.7 Å². The number of aromatic nitrogens is 3. The number of rotatable bonds is 3. The lowest BCUT2D eigenvalue weighted by molar-refractivity contribution is 0.00528. The van der Waals surface area contributed by atoms with Crippen LogP contribution in [0.25, 0.3) is 5.82 Å². The van der Waals surface area contributed by atoms with Gasteiger partial charge in [0.1, 0.15) is 0 Å². The number of hydrogen-bond donors (Lipinski definition) is 1. The van der Waals surface area contributed by atoms with Crippen LogP contribution in [0.4, 0.5) is 0 Å². The summed E-state index contributed by atoms with van der Waals surface area (Å²) in [6.07, 6.45) is 3.47. The summed E-state index contributed by atoms with van der Waals surface area (Å²) in [6, 6.07) is 3.94. The van der Waals surface area contributed by atoms with E-state index in [1.54, 1.807) is 17.1 Å². The molecule has 1 aliphatic rings. The average Bonchev–Trinajstić information content (AvgIpc) is 2.99. The molecule has 3 heterocycles. The molecule has 2 aromatic rings. The fraction of sp³-hybridized carbons (Fsp3) is 0.438. The first kappa shape index (κ1) is 19.9. The van der Waals surface area contributed by atoms with Crippen molar-refractivity contribution in [2.24, 2.45) is 10.7 Å². The molecule has 1 aliphatic heterocycles. The number of nitrogens with zero attached hydrogens (tertiary/aromatic N) is 5. The molecule has 0 bridgehead atoms. The SMILES string of the molecule is Cc1ccc(CN=C(N)N2CCOC(C)C2)c(-n2cc(Cl)cn2)n1.I. The molecule has 0 aliphatic carbocycles. The smallest absolute Gasteiger partial charge is 0.191 e. The zero-order valence-electron chi connectivity index (χ0n) is 14.2. The molecule has 1 atom stereocenters. The van der Waals surface area contributed by atoms with Crippen molar-refractivity contribution in [3.63, 3.8) is 0 Å². The van der Waals surface area contributed by atoms with Crippen LogP contribution in [0.5, 0.6) is 0 Å². The number of ether oxygens (including phenoxy) is 1. The van der Waals surface area contributed by atoms with E-state index in [1.165, 1.54) is 0 Å². The molecule has 1 saturated heterocycles. The molecule has 1 unspecified atom stereocenters. The summed E-state index contributed by atoms with van der Waals surface area (Å²) < 4.78 is 7.19. The summed E-state index contributed by atoms with van der Waals surface area (Å²) in [4.78, 5) is 11.1. The van der Waals surface area contributed by atoms with E-state index in [-0.39, 0.29) is 30.1 Å². The van der Waals surface area contributed by atoms with Crippen molar-refractivity contribution in [3.05, 3.63) is 40.8 Å². The van der Waals surface area contributed by atoms with Gasteiger partial charge in [0, 0.05) is 24.3 Å². The van der Waals surface area contributed by atoms with Crippen molar-refractivity contribution in [1.29, 1.82) is 0 Å². The molecule has 136 valence electrons. The number of morpholine rings is 1. The quantitative estimate of drug-likeness (QED) is 0.418. The fourth-order valence-corrected chi connectivity index (χ4v) is 2.74. The first-order valence-corrected chi connectivity index (χ1v) is 8.24. The first-order valence-electron chi connectivity index (χ1n) is 7.86. The molecule has 7 nitrogen and oxygen atoms in total. The Bertz CT molecular complexity index is 750. The predicted octanol–water partition coefficient (Wildman–Crippen LogP) is 2.38. The van der Waals surface area contributed by atoms with Crippen LogP contribution in [0.15, 0.2) is 29.5 Å². The Morgan fingerprint density at radius 3 is 2.96 bits per heavy atom. The maximum absolute atomic E-state index is 6.14. The summed E-state index contributed by atoms with van der Waals surface area (Å²) in [6.45, 7) is 6.57. The number of hydrogen-bond acceptors (Lipinski definition) is 4. The normalized spacial score (nSPS) is 18.1. The van der Waals surface area contributed by atoms with Crippen molar-refractivity contribution in [3.8, 4) is 5.82 Å². The van der Waals surface area contributed by atoms with Gasteiger partial charge in [-0.15, -0.1) is 24.0 Å². The van der Waals surface area contributed by atoms with E-state index in [4.69, 9.17) is 22.1 Å². The van der Waals surface area contributed by atoms with Crippen LogP contribution in [0.1, 0.15) is 18.2 Å². The van der Waals surface area contributed by atoms with E-state index >= 15 is 0 Å². The standard InChI is InChI=1S/C16H21ClN6O.HI/c1-11-3-4-13(15(21-11)23-10-14(17)8-20-23)7-19-16(18)22-5-6-24-12(2)9-22;/h3-4,8,10,12H,5-7,9H2,1-2H3,(H2,18,19);1H. The van der Waals surface area contributed by atoms with Crippen LogP contribution >= 0.6 is 35.6 Å². The number of guanidine groups is 1. The van der Waals surface area contributed by atoms with Gasteiger partial charge in [-0.3, -0.25) is 0 Å². The number of nitrogens with two attached hydrogens (primary N) is 1. The fourth-order valence-electron chi connectivity index (χ4n) is 2.60. The maximum Gasteiger partial charge on any atom is 0.191 e. The molecule has 0 aromatic carbocycles. The van der Waals surface area contributed by atoms with Gasteiger partial charge in [0.2, 0.25) is 0 Å². The molecule has 0 amide bonds. The van der Waals surface area contributed by atoms with Crippen LogP contribution in [-0.4, -0.2) is 51.4 Å². The number of halogens is 2. The zero-order chi connectivity index (χ0) is 17.1. The molecule has 0 spiro atoms. The second kappa shape index (κ2) is 8.81. The Balaban J connectivity index is 0.00000225. The molecule has 0 radical (unpaired) electrons. The topological polar surface area (TPSA) is 81.6 Å². The van der Waals surface area contributed by atoms with Gasteiger partial charge in [-0.1, -0.05) is 17.7 Å². The van der Waals surface area contributed by atoms with Crippen LogP contribution < -0.4 is 5.73 Å². The third-order valence-corrected chi connectivity index (χ3v) is 4.03. The number of pyridine rings is 1. The lowest BCUT2D eigenvalue weighted by Crippen LogP contribution is -2.47. The zero-order valence-corrected chi connectivity index (χ0v) is 17.3. The molecule has 0 saturated carbocycles. The molecule has 9 heteroatoms. The minimum absolute atomic E-state index is 0. The highest BCUT2D eigenvalue weighted by Gasteiger charge is 2.18. The molecule has 2 aromatic heterocycles. The molecule has 25 heavy (non-hydrogen) atoms. The van der Waals surface area contributed by atoms with Crippen LogP contribution in [-0.2, 0) is 11.3 Å². The van der Waals surface area contributed by atoms with Crippen molar-refractivity contribution >= 4 is 41.5 Å². The minimum atomic E-state index is 0. The third-order valence-electron chi connectivity index (χ3n) is 3.84. The second-order valence-electron chi connectivity index (χ2n) is 5.84. The molecular formula is C16H22ClIN6O. The molecule has 2 N–H and O–H groups in total. The Labute approximate surface area is 169 Å². The number of aryl methyl sites for hydroxylation is 1. The maximum atomic E-state index is 6.14. The first-order chi connectivity index (χ1) is 11.5. The van der Waals surface area contributed by atoms with Crippen LogP contribution in [0.2, 0.25) is 5.02 Å². The minimum Gasteiger partial charge on any atom is -0.375 e. The van der Waals surface area contributed by atoms with Gasteiger partial charge in [0.05, 0.1) is 36.7 Å². The average molecular weight is 477 g/mol. The molecule has 1 fully saturated rings. The van der Waals surface area contributed by atoms with E-state index in [9.17, 15) is 0 Å². The van der Waals surface area contributed by atoms with Gasteiger partial charge in [0.25, 0.3) is 0 Å². The lowest BCUT2D eigenvalue weighted by Gasteiger charge is -2.31. The van der Waals surface area contributed by atoms with Crippen molar-refractivity contribution in [2.75, 3.05) is 19.7 Å². The van der Waals surface area contributed by atoms with E-state index in [1.807, 2.05) is 30.9 Å². The number of aliphatic imine (C=N–C) groups is 1.